The number of carbonyl (C=O) groups is 1. The molecule has 4 rings (SSSR count). The number of amides is 2. The molecule has 11 heteroatoms. The van der Waals surface area contributed by atoms with Crippen LogP contribution in [0.3, 0.4) is 0 Å². The Morgan fingerprint density at radius 1 is 1.05 bits per heavy atom. The number of nitrogens with two attached hydrogens (primary N) is 1. The standard InChI is InChI=1S/C26H29F3N6O2/c27-20-12-22(29)23(13-21(20)28)32-26(37)34-25-31-14-19(24(36)33-25)18-6-4-17(5-7-18)15-35(10-1-9-30)11-8-16-2-3-16/h4-7,12-14,16H,1-3,8-11,15,30H2,(H3,31,32,33,34,36,37). The van der Waals surface area contributed by atoms with Gasteiger partial charge in [-0.1, -0.05) is 37.1 Å². The third-order valence-electron chi connectivity index (χ3n) is 6.19. The second kappa shape index (κ2) is 12.0. The van der Waals surface area contributed by atoms with E-state index in [1.54, 1.807) is 0 Å². The van der Waals surface area contributed by atoms with Crippen LogP contribution in [0.4, 0.5) is 29.6 Å². The van der Waals surface area contributed by atoms with Crippen molar-refractivity contribution < 1.29 is 18.0 Å². The van der Waals surface area contributed by atoms with E-state index in [2.05, 4.69) is 20.2 Å². The lowest BCUT2D eigenvalue weighted by Gasteiger charge is -2.22. The van der Waals surface area contributed by atoms with Gasteiger partial charge in [0, 0.05) is 24.9 Å². The number of urea groups is 1. The molecule has 0 spiro atoms. The molecule has 3 aromatic rings. The van der Waals surface area contributed by atoms with Crippen LogP contribution in [-0.4, -0.2) is 40.5 Å². The summed E-state index contributed by atoms with van der Waals surface area (Å²) in [5.41, 5.74) is 6.72. The Kier molecular flexibility index (Phi) is 8.57. The number of hydrogen-bond donors (Lipinski definition) is 4. The highest BCUT2D eigenvalue weighted by Gasteiger charge is 2.22. The first-order valence-corrected chi connectivity index (χ1v) is 12.2. The van der Waals surface area contributed by atoms with Gasteiger partial charge in [0.15, 0.2) is 11.6 Å². The Balaban J connectivity index is 1.38. The number of benzene rings is 2. The maximum Gasteiger partial charge on any atom is 0.326 e. The van der Waals surface area contributed by atoms with E-state index in [1.165, 1.54) is 25.5 Å². The van der Waals surface area contributed by atoms with E-state index >= 15 is 0 Å². The van der Waals surface area contributed by atoms with Gasteiger partial charge in [0.05, 0.1) is 11.3 Å². The molecule has 5 N–H and O–H groups in total. The van der Waals surface area contributed by atoms with Crippen LogP contribution in [0, 0.1) is 23.4 Å². The molecule has 196 valence electrons. The van der Waals surface area contributed by atoms with Crippen LogP contribution < -0.4 is 21.9 Å². The minimum absolute atomic E-state index is 0.197. The van der Waals surface area contributed by atoms with Crippen molar-refractivity contribution in [1.82, 2.24) is 14.9 Å². The average molecular weight is 515 g/mol. The lowest BCUT2D eigenvalue weighted by molar-refractivity contribution is 0.255. The largest absolute Gasteiger partial charge is 0.330 e. The summed E-state index contributed by atoms with van der Waals surface area (Å²) < 4.78 is 40.1. The predicted octanol–water partition coefficient (Wildman–Crippen LogP) is 4.45. The van der Waals surface area contributed by atoms with Gasteiger partial charge in [0.25, 0.3) is 5.56 Å². The summed E-state index contributed by atoms with van der Waals surface area (Å²) >= 11 is 0. The van der Waals surface area contributed by atoms with Crippen molar-refractivity contribution in [1.29, 1.82) is 0 Å². The molecule has 1 aliphatic rings. The zero-order valence-electron chi connectivity index (χ0n) is 20.2. The summed E-state index contributed by atoms with van der Waals surface area (Å²) in [6.07, 6.45) is 6.11. The quantitative estimate of drug-likeness (QED) is 0.282. The SMILES string of the molecule is NCCCN(CCC1CC1)Cc1ccc(-c2cnc(NC(=O)Nc3cc(F)c(F)cc3F)[nH]c2=O)cc1. The lowest BCUT2D eigenvalue weighted by Crippen LogP contribution is -2.27. The number of nitrogens with one attached hydrogen (secondary N) is 3. The summed E-state index contributed by atoms with van der Waals surface area (Å²) in [6, 6.07) is 7.46. The van der Waals surface area contributed by atoms with E-state index in [9.17, 15) is 22.8 Å². The number of halogens is 3. The van der Waals surface area contributed by atoms with Gasteiger partial charge in [-0.15, -0.1) is 0 Å². The first kappa shape index (κ1) is 26.4. The number of carbonyl (C=O) groups excluding carboxylic acids is 1. The smallest absolute Gasteiger partial charge is 0.326 e. The Morgan fingerprint density at radius 2 is 1.78 bits per heavy atom. The van der Waals surface area contributed by atoms with Crippen molar-refractivity contribution in [2.45, 2.75) is 32.2 Å². The number of rotatable bonds is 11. The van der Waals surface area contributed by atoms with Crippen LogP contribution in [0.5, 0.6) is 0 Å². The molecule has 2 aromatic carbocycles. The molecule has 0 saturated heterocycles. The maximum absolute atomic E-state index is 13.7. The fraction of sp³-hybridized carbons (Fsp3) is 0.346. The van der Waals surface area contributed by atoms with Crippen molar-refractivity contribution in [3.05, 3.63) is 76.0 Å². The molecule has 0 atom stereocenters. The first-order valence-electron chi connectivity index (χ1n) is 12.2. The molecule has 37 heavy (non-hydrogen) atoms. The summed E-state index contributed by atoms with van der Waals surface area (Å²) in [5.74, 6) is -3.19. The van der Waals surface area contributed by atoms with Gasteiger partial charge in [-0.25, -0.2) is 22.9 Å². The monoisotopic (exact) mass is 514 g/mol. The first-order chi connectivity index (χ1) is 17.8. The molecule has 8 nitrogen and oxygen atoms in total. The Labute approximate surface area is 212 Å². The second-order valence-corrected chi connectivity index (χ2v) is 9.15. The van der Waals surface area contributed by atoms with Gasteiger partial charge >= 0.3 is 6.03 Å². The summed E-state index contributed by atoms with van der Waals surface area (Å²) in [4.78, 5) is 33.6. The fourth-order valence-electron chi connectivity index (χ4n) is 3.95. The van der Waals surface area contributed by atoms with Gasteiger partial charge < -0.3 is 11.1 Å². The molecular weight excluding hydrogens is 485 g/mol. The third-order valence-corrected chi connectivity index (χ3v) is 6.19. The van der Waals surface area contributed by atoms with Crippen molar-refractivity contribution in [3.8, 4) is 11.1 Å². The normalized spacial score (nSPS) is 13.1. The van der Waals surface area contributed by atoms with Crippen LogP contribution >= 0.6 is 0 Å². The number of aromatic nitrogens is 2. The Bertz CT molecular complexity index is 1290. The van der Waals surface area contributed by atoms with E-state index in [1.807, 2.05) is 29.6 Å². The van der Waals surface area contributed by atoms with Gasteiger partial charge in [-0.2, -0.15) is 0 Å². The van der Waals surface area contributed by atoms with Gasteiger partial charge in [-0.3, -0.25) is 20.0 Å². The zero-order valence-corrected chi connectivity index (χ0v) is 20.2. The highest BCUT2D eigenvalue weighted by molar-refractivity contribution is 5.98. The molecule has 2 amide bonds. The lowest BCUT2D eigenvalue weighted by atomic mass is 10.1. The fourth-order valence-corrected chi connectivity index (χ4v) is 3.95. The van der Waals surface area contributed by atoms with Crippen molar-refractivity contribution in [2.24, 2.45) is 11.7 Å². The van der Waals surface area contributed by atoms with Crippen molar-refractivity contribution in [3.63, 3.8) is 0 Å². The maximum atomic E-state index is 13.7. The van der Waals surface area contributed by atoms with Crippen LogP contribution in [0.2, 0.25) is 0 Å². The van der Waals surface area contributed by atoms with Crippen LogP contribution in [0.15, 0.2) is 47.4 Å². The summed E-state index contributed by atoms with van der Waals surface area (Å²) in [5, 5.41) is 4.27. The topological polar surface area (TPSA) is 116 Å². The summed E-state index contributed by atoms with van der Waals surface area (Å²) in [6.45, 7) is 3.45. The molecule has 1 aromatic heterocycles. The minimum atomic E-state index is -1.38. The van der Waals surface area contributed by atoms with Gasteiger partial charge in [-0.05, 0) is 49.5 Å². The number of hydrogen-bond acceptors (Lipinski definition) is 5. The van der Waals surface area contributed by atoms with Crippen LogP contribution in [0.1, 0.15) is 31.2 Å². The van der Waals surface area contributed by atoms with Gasteiger partial charge in [0.1, 0.15) is 5.82 Å². The number of nitrogens with zero attached hydrogens (tertiary/aromatic N) is 2. The third kappa shape index (κ3) is 7.40. The van der Waals surface area contributed by atoms with Crippen LogP contribution in [-0.2, 0) is 6.54 Å². The molecule has 1 heterocycles. The molecular formula is C26H29F3N6O2. The number of aromatic amines is 1. The van der Waals surface area contributed by atoms with Crippen LogP contribution in [0.25, 0.3) is 11.1 Å². The second-order valence-electron chi connectivity index (χ2n) is 9.15. The van der Waals surface area contributed by atoms with Gasteiger partial charge in [0.2, 0.25) is 5.95 Å². The highest BCUT2D eigenvalue weighted by atomic mass is 19.2. The van der Waals surface area contributed by atoms with E-state index in [4.69, 9.17) is 5.73 Å². The number of anilines is 2. The molecule has 1 aliphatic carbocycles. The van der Waals surface area contributed by atoms with E-state index in [0.717, 1.165) is 37.5 Å². The average Bonchev–Trinajstić information content (AvgIpc) is 3.69. The molecule has 0 aliphatic heterocycles. The van der Waals surface area contributed by atoms with E-state index < -0.39 is 34.7 Å². The molecule has 0 unspecified atom stereocenters. The van der Waals surface area contributed by atoms with E-state index in [0.29, 0.717) is 29.8 Å². The molecule has 0 radical (unpaired) electrons. The van der Waals surface area contributed by atoms with Crippen molar-refractivity contribution >= 4 is 17.7 Å². The Hall–Kier alpha value is -3.70. The molecule has 1 fully saturated rings. The Morgan fingerprint density at radius 3 is 2.46 bits per heavy atom. The predicted molar refractivity (Wildman–Crippen MR) is 136 cm³/mol. The van der Waals surface area contributed by atoms with Crippen molar-refractivity contribution in [2.75, 3.05) is 30.3 Å². The highest BCUT2D eigenvalue weighted by Crippen LogP contribution is 2.32. The molecule has 0 bridgehead atoms. The number of H-pyrrole nitrogens is 1. The summed E-state index contributed by atoms with van der Waals surface area (Å²) in [7, 11) is 0. The zero-order chi connectivity index (χ0) is 26.4. The van der Waals surface area contributed by atoms with E-state index in [-0.39, 0.29) is 5.95 Å². The molecule has 1 saturated carbocycles. The minimum Gasteiger partial charge on any atom is -0.330 e.